The minimum atomic E-state index is -0.781. The lowest BCUT2D eigenvalue weighted by atomic mass is 10.0. The van der Waals surface area contributed by atoms with Crippen LogP contribution in [0.4, 0.5) is 14.5 Å². The molecule has 2 aromatic carbocycles. The number of amides is 1. The van der Waals surface area contributed by atoms with E-state index in [4.69, 9.17) is 16.3 Å². The molecule has 1 amide bonds. The normalized spacial score (nSPS) is 11.0. The number of aromatic nitrogens is 4. The molecular formula is C23H17BrClF2N5O2. The summed E-state index contributed by atoms with van der Waals surface area (Å²) >= 11 is 9.54. The first-order valence-electron chi connectivity index (χ1n) is 10.0. The van der Waals surface area contributed by atoms with Crippen LogP contribution >= 0.6 is 27.5 Å². The van der Waals surface area contributed by atoms with Gasteiger partial charge in [-0.1, -0.05) is 33.6 Å². The van der Waals surface area contributed by atoms with E-state index in [1.54, 1.807) is 13.8 Å². The third-order valence-electron chi connectivity index (χ3n) is 4.59. The Morgan fingerprint density at radius 1 is 1.12 bits per heavy atom. The number of carbonyl (C=O) groups excluding carboxylic acids is 1. The Kier molecular flexibility index (Phi) is 6.90. The van der Waals surface area contributed by atoms with Crippen LogP contribution in [0.15, 0.2) is 59.5 Å². The van der Waals surface area contributed by atoms with Crippen LogP contribution in [0.3, 0.4) is 0 Å². The number of hydrogen-bond acceptors (Lipinski definition) is 5. The minimum absolute atomic E-state index is 0.190. The number of hydrogen-bond donors (Lipinski definition) is 1. The molecule has 4 rings (SSSR count). The molecule has 174 valence electrons. The molecule has 0 atom stereocenters. The molecule has 0 saturated heterocycles. The van der Waals surface area contributed by atoms with Crippen LogP contribution in [0, 0.1) is 11.6 Å². The van der Waals surface area contributed by atoms with Gasteiger partial charge in [0.15, 0.2) is 5.82 Å². The van der Waals surface area contributed by atoms with Crippen LogP contribution in [0.25, 0.3) is 16.9 Å². The maximum Gasteiger partial charge on any atom is 0.258 e. The van der Waals surface area contributed by atoms with Crippen molar-refractivity contribution in [3.05, 3.63) is 81.7 Å². The monoisotopic (exact) mass is 547 g/mol. The van der Waals surface area contributed by atoms with E-state index in [0.29, 0.717) is 15.6 Å². The van der Waals surface area contributed by atoms with Crippen LogP contribution in [-0.2, 0) is 0 Å². The quantitative estimate of drug-likeness (QED) is 0.317. The molecule has 0 radical (unpaired) electrons. The van der Waals surface area contributed by atoms with Crippen LogP contribution in [0.5, 0.6) is 5.75 Å². The predicted molar refractivity (Wildman–Crippen MR) is 127 cm³/mol. The lowest BCUT2D eigenvalue weighted by Gasteiger charge is -2.17. The van der Waals surface area contributed by atoms with Crippen molar-refractivity contribution in [1.82, 2.24) is 20.0 Å². The second-order valence-electron chi connectivity index (χ2n) is 7.42. The Morgan fingerprint density at radius 2 is 1.85 bits per heavy atom. The molecule has 34 heavy (non-hydrogen) atoms. The lowest BCUT2D eigenvalue weighted by Crippen LogP contribution is -2.16. The molecule has 11 heteroatoms. The number of halogens is 4. The summed E-state index contributed by atoms with van der Waals surface area (Å²) in [4.78, 5) is 18.3. The fraction of sp³-hybridized carbons (Fsp3) is 0.130. The molecule has 1 N–H and O–H groups in total. The second kappa shape index (κ2) is 9.86. The number of nitrogens with one attached hydrogen (secondary N) is 1. The van der Waals surface area contributed by atoms with E-state index in [0.717, 1.165) is 0 Å². The van der Waals surface area contributed by atoms with Gasteiger partial charge in [-0.2, -0.15) is 10.2 Å². The molecule has 0 aliphatic heterocycles. The van der Waals surface area contributed by atoms with Gasteiger partial charge in [-0.05, 0) is 49.7 Å². The van der Waals surface area contributed by atoms with E-state index in [-0.39, 0.29) is 33.9 Å². The van der Waals surface area contributed by atoms with Crippen molar-refractivity contribution in [3.63, 3.8) is 0 Å². The number of nitrogens with zero attached hydrogens (tertiary/aromatic N) is 4. The summed E-state index contributed by atoms with van der Waals surface area (Å²) in [5.41, 5.74) is 0.894. The minimum Gasteiger partial charge on any atom is -0.490 e. The van der Waals surface area contributed by atoms with Crippen molar-refractivity contribution in [2.45, 2.75) is 20.0 Å². The van der Waals surface area contributed by atoms with E-state index < -0.39 is 17.5 Å². The largest absolute Gasteiger partial charge is 0.490 e. The number of benzene rings is 2. The highest BCUT2D eigenvalue weighted by molar-refractivity contribution is 9.10. The number of rotatable bonds is 6. The highest BCUT2D eigenvalue weighted by Gasteiger charge is 2.21. The first-order valence-corrected chi connectivity index (χ1v) is 11.2. The summed E-state index contributed by atoms with van der Waals surface area (Å²) in [6, 6.07) is 7.99. The Morgan fingerprint density at radius 3 is 2.50 bits per heavy atom. The third kappa shape index (κ3) is 5.07. The van der Waals surface area contributed by atoms with E-state index in [2.05, 4.69) is 36.4 Å². The molecule has 0 saturated carbocycles. The summed E-state index contributed by atoms with van der Waals surface area (Å²) in [6.07, 6.45) is 4.05. The molecular weight excluding hydrogens is 532 g/mol. The van der Waals surface area contributed by atoms with E-state index in [1.807, 2.05) is 0 Å². The molecule has 0 unspecified atom stereocenters. The molecule has 0 fully saturated rings. The summed E-state index contributed by atoms with van der Waals surface area (Å²) in [5.74, 6) is -1.40. The average molecular weight is 549 g/mol. The molecule has 2 heterocycles. The number of anilines is 1. The number of pyridine rings is 1. The van der Waals surface area contributed by atoms with Crippen LogP contribution < -0.4 is 10.1 Å². The Bertz CT molecular complexity index is 1370. The maximum atomic E-state index is 15.1. The third-order valence-corrected chi connectivity index (χ3v) is 5.52. The fourth-order valence-corrected chi connectivity index (χ4v) is 3.97. The number of ether oxygens (including phenoxy) is 1. The smallest absolute Gasteiger partial charge is 0.258 e. The van der Waals surface area contributed by atoms with Gasteiger partial charge in [-0.3, -0.25) is 4.79 Å². The fourth-order valence-electron chi connectivity index (χ4n) is 3.17. The average Bonchev–Trinajstić information content (AvgIpc) is 3.29. The van der Waals surface area contributed by atoms with Gasteiger partial charge in [0.2, 0.25) is 0 Å². The van der Waals surface area contributed by atoms with Crippen molar-refractivity contribution < 1.29 is 18.3 Å². The zero-order chi connectivity index (χ0) is 24.4. The summed E-state index contributed by atoms with van der Waals surface area (Å²) in [6.45, 7) is 3.60. The van der Waals surface area contributed by atoms with Crippen LogP contribution in [-0.4, -0.2) is 32.0 Å². The zero-order valence-corrected chi connectivity index (χ0v) is 20.2. The molecule has 0 aliphatic rings. The topological polar surface area (TPSA) is 81.9 Å². The molecule has 0 spiro atoms. The molecule has 7 nitrogen and oxygen atoms in total. The summed E-state index contributed by atoms with van der Waals surface area (Å²) in [5, 5.41) is 10.7. The van der Waals surface area contributed by atoms with Crippen molar-refractivity contribution in [2.75, 3.05) is 5.32 Å². The first kappa shape index (κ1) is 23.8. The van der Waals surface area contributed by atoms with Crippen molar-refractivity contribution in [1.29, 1.82) is 0 Å². The highest BCUT2D eigenvalue weighted by atomic mass is 79.9. The predicted octanol–water partition coefficient (Wildman–Crippen LogP) is 6.06. The highest BCUT2D eigenvalue weighted by Crippen LogP contribution is 2.38. The van der Waals surface area contributed by atoms with Gasteiger partial charge in [0.05, 0.1) is 41.0 Å². The molecule has 4 aromatic rings. The Balaban J connectivity index is 1.67. The standard InChI is InChI=1S/C23H17BrClF2N5O2/c1-12(2)34-21-10-17(20(27)9-16(21)15-4-3-13(26)7-18(15)24)23(33)31-14-8-19(25)22(28-11-14)32-29-5-6-30-32/h3-12H,1-2H3,(H,31,33). The SMILES string of the molecule is CC(C)Oc1cc(C(=O)Nc2cnc(-n3nccn3)c(Cl)c2)c(F)cc1-c1ccc(F)cc1Br. The van der Waals surface area contributed by atoms with Gasteiger partial charge in [0.25, 0.3) is 5.91 Å². The maximum absolute atomic E-state index is 15.1. The van der Waals surface area contributed by atoms with E-state index in [1.165, 1.54) is 59.8 Å². The van der Waals surface area contributed by atoms with Crippen LogP contribution in [0.2, 0.25) is 5.02 Å². The summed E-state index contributed by atoms with van der Waals surface area (Å²) < 4.78 is 34.9. The second-order valence-corrected chi connectivity index (χ2v) is 8.68. The van der Waals surface area contributed by atoms with Crippen molar-refractivity contribution >= 4 is 39.1 Å². The zero-order valence-electron chi connectivity index (χ0n) is 17.9. The summed E-state index contributed by atoms with van der Waals surface area (Å²) in [7, 11) is 0. The van der Waals surface area contributed by atoms with Gasteiger partial charge >= 0.3 is 0 Å². The van der Waals surface area contributed by atoms with E-state index >= 15 is 4.39 Å². The number of carbonyl (C=O) groups is 1. The van der Waals surface area contributed by atoms with Gasteiger partial charge in [-0.15, -0.1) is 4.80 Å². The first-order chi connectivity index (χ1) is 16.2. The van der Waals surface area contributed by atoms with Crippen molar-refractivity contribution in [2.24, 2.45) is 0 Å². The van der Waals surface area contributed by atoms with Gasteiger partial charge in [-0.25, -0.2) is 13.8 Å². The molecule has 0 bridgehead atoms. The Hall–Kier alpha value is -3.37. The van der Waals surface area contributed by atoms with E-state index in [9.17, 15) is 9.18 Å². The Labute approximate surface area is 206 Å². The van der Waals surface area contributed by atoms with Crippen LogP contribution in [0.1, 0.15) is 24.2 Å². The molecule has 2 aromatic heterocycles. The molecule has 0 aliphatic carbocycles. The van der Waals surface area contributed by atoms with Crippen molar-refractivity contribution in [3.8, 4) is 22.7 Å². The van der Waals surface area contributed by atoms with Gasteiger partial charge in [0.1, 0.15) is 17.4 Å². The van der Waals surface area contributed by atoms with Gasteiger partial charge < -0.3 is 10.1 Å². The lowest BCUT2D eigenvalue weighted by molar-refractivity contribution is 0.102. The van der Waals surface area contributed by atoms with Gasteiger partial charge in [0, 0.05) is 10.0 Å².